The minimum absolute atomic E-state index is 0.0519. The van der Waals surface area contributed by atoms with E-state index in [-0.39, 0.29) is 32.9 Å². The molecule has 0 bridgehead atoms. The average molecular weight is 327 g/mol. The number of pyridine rings is 1. The van der Waals surface area contributed by atoms with E-state index in [0.717, 1.165) is 6.07 Å². The van der Waals surface area contributed by atoms with Crippen molar-refractivity contribution in [2.45, 2.75) is 0 Å². The molecule has 1 aromatic heterocycles. The molecule has 8 heteroatoms. The monoisotopic (exact) mass is 326 g/mol. The van der Waals surface area contributed by atoms with Gasteiger partial charge in [-0.2, -0.15) is 0 Å². The number of carboxylic acids is 1. The number of benzene rings is 1. The van der Waals surface area contributed by atoms with Gasteiger partial charge in [-0.3, -0.25) is 4.79 Å². The number of hydrogen-bond donors (Lipinski definition) is 3. The number of halogens is 2. The number of phenolic OH excluding ortho intramolecular Hbond substituents is 1. The van der Waals surface area contributed by atoms with Gasteiger partial charge in [-0.25, -0.2) is 9.78 Å². The van der Waals surface area contributed by atoms with E-state index in [0.29, 0.717) is 0 Å². The van der Waals surface area contributed by atoms with E-state index in [1.807, 2.05) is 0 Å². The largest absolute Gasteiger partial charge is 0.506 e. The molecule has 0 fully saturated rings. The smallest absolute Gasteiger partial charge is 0.335 e. The summed E-state index contributed by atoms with van der Waals surface area (Å²) in [6.07, 6.45) is 0. The standard InChI is InChI=1S/C13H8Cl2N2O4/c14-10-4-2-7(11(15)17-10)12(19)16-8-3-1-6(13(20)21)5-9(8)18/h1-5,18H,(H,16,19)(H,20,21). The second kappa shape index (κ2) is 5.99. The molecule has 0 aliphatic carbocycles. The minimum Gasteiger partial charge on any atom is -0.506 e. The van der Waals surface area contributed by atoms with E-state index < -0.39 is 11.9 Å². The van der Waals surface area contributed by atoms with Gasteiger partial charge in [-0.15, -0.1) is 0 Å². The molecule has 0 spiro atoms. The van der Waals surface area contributed by atoms with Crippen molar-refractivity contribution < 1.29 is 19.8 Å². The third-order valence-electron chi connectivity index (χ3n) is 2.55. The molecular formula is C13H8Cl2N2O4. The Hall–Kier alpha value is -2.31. The summed E-state index contributed by atoms with van der Waals surface area (Å²) in [7, 11) is 0. The third kappa shape index (κ3) is 3.42. The summed E-state index contributed by atoms with van der Waals surface area (Å²) >= 11 is 11.4. The van der Waals surface area contributed by atoms with E-state index in [2.05, 4.69) is 10.3 Å². The average Bonchev–Trinajstić information content (AvgIpc) is 2.40. The first-order valence-electron chi connectivity index (χ1n) is 5.58. The summed E-state index contributed by atoms with van der Waals surface area (Å²) < 4.78 is 0. The van der Waals surface area contributed by atoms with E-state index in [9.17, 15) is 14.7 Å². The molecule has 0 saturated carbocycles. The van der Waals surface area contributed by atoms with E-state index >= 15 is 0 Å². The van der Waals surface area contributed by atoms with Crippen molar-refractivity contribution in [3.63, 3.8) is 0 Å². The number of rotatable bonds is 3. The fourth-order valence-electron chi connectivity index (χ4n) is 1.54. The predicted octanol–water partition coefficient (Wildman–Crippen LogP) is 3.04. The van der Waals surface area contributed by atoms with Gasteiger partial charge in [0.15, 0.2) is 0 Å². The van der Waals surface area contributed by atoms with Crippen molar-refractivity contribution in [3.8, 4) is 5.75 Å². The third-order valence-corrected chi connectivity index (χ3v) is 3.05. The number of hydrogen-bond acceptors (Lipinski definition) is 4. The van der Waals surface area contributed by atoms with Crippen LogP contribution in [-0.4, -0.2) is 27.1 Å². The first-order valence-corrected chi connectivity index (χ1v) is 6.34. The molecule has 1 aromatic carbocycles. The lowest BCUT2D eigenvalue weighted by atomic mass is 10.2. The molecule has 108 valence electrons. The highest BCUT2D eigenvalue weighted by molar-refractivity contribution is 6.35. The first-order chi connectivity index (χ1) is 9.88. The number of amides is 1. The van der Waals surface area contributed by atoms with Crippen LogP contribution in [0.25, 0.3) is 0 Å². The summed E-state index contributed by atoms with van der Waals surface area (Å²) in [5.41, 5.74) is 0.0236. The molecule has 1 amide bonds. The van der Waals surface area contributed by atoms with Gasteiger partial charge in [0, 0.05) is 0 Å². The molecule has 1 heterocycles. The number of anilines is 1. The maximum absolute atomic E-state index is 12.0. The van der Waals surface area contributed by atoms with Crippen molar-refractivity contribution in [1.82, 2.24) is 4.98 Å². The molecule has 0 aliphatic heterocycles. The number of aromatic carboxylic acids is 1. The van der Waals surface area contributed by atoms with Gasteiger partial charge in [-0.1, -0.05) is 23.2 Å². The van der Waals surface area contributed by atoms with Gasteiger partial charge >= 0.3 is 5.97 Å². The normalized spacial score (nSPS) is 10.2. The molecule has 6 nitrogen and oxygen atoms in total. The minimum atomic E-state index is -1.19. The van der Waals surface area contributed by atoms with E-state index in [4.69, 9.17) is 28.3 Å². The van der Waals surface area contributed by atoms with Gasteiger partial charge in [0.05, 0.1) is 16.8 Å². The highest BCUT2D eigenvalue weighted by atomic mass is 35.5. The number of nitrogens with one attached hydrogen (secondary N) is 1. The molecular weight excluding hydrogens is 319 g/mol. The molecule has 0 unspecified atom stereocenters. The zero-order chi connectivity index (χ0) is 15.6. The molecule has 0 saturated heterocycles. The molecule has 2 rings (SSSR count). The zero-order valence-corrected chi connectivity index (χ0v) is 11.8. The maximum Gasteiger partial charge on any atom is 0.335 e. The highest BCUT2D eigenvalue weighted by Gasteiger charge is 2.15. The van der Waals surface area contributed by atoms with Gasteiger partial charge in [0.1, 0.15) is 16.1 Å². The van der Waals surface area contributed by atoms with Crippen molar-refractivity contribution in [1.29, 1.82) is 0 Å². The van der Waals surface area contributed by atoms with Crippen LogP contribution in [0, 0.1) is 0 Å². The van der Waals surface area contributed by atoms with Crippen LogP contribution in [-0.2, 0) is 0 Å². The summed E-state index contributed by atoms with van der Waals surface area (Å²) in [5.74, 6) is -2.17. The lowest BCUT2D eigenvalue weighted by molar-refractivity contribution is 0.0696. The van der Waals surface area contributed by atoms with Gasteiger partial charge in [-0.05, 0) is 30.3 Å². The topological polar surface area (TPSA) is 99.5 Å². The second-order valence-corrected chi connectivity index (χ2v) is 4.71. The van der Waals surface area contributed by atoms with Crippen LogP contribution in [0.4, 0.5) is 5.69 Å². The van der Waals surface area contributed by atoms with E-state index in [1.165, 1.54) is 24.3 Å². The van der Waals surface area contributed by atoms with Crippen LogP contribution in [0.15, 0.2) is 30.3 Å². The lowest BCUT2D eigenvalue weighted by Crippen LogP contribution is -2.13. The number of carboxylic acid groups (broad SMARTS) is 1. The van der Waals surface area contributed by atoms with Crippen LogP contribution in [0.5, 0.6) is 5.75 Å². The Morgan fingerprint density at radius 1 is 1.14 bits per heavy atom. The van der Waals surface area contributed by atoms with Crippen molar-refractivity contribution in [2.75, 3.05) is 5.32 Å². The number of aromatic hydroxyl groups is 1. The van der Waals surface area contributed by atoms with Crippen molar-refractivity contribution in [2.24, 2.45) is 0 Å². The lowest BCUT2D eigenvalue weighted by Gasteiger charge is -2.08. The van der Waals surface area contributed by atoms with Crippen molar-refractivity contribution in [3.05, 3.63) is 51.8 Å². The SMILES string of the molecule is O=C(O)c1ccc(NC(=O)c2ccc(Cl)nc2Cl)c(O)c1. The van der Waals surface area contributed by atoms with Crippen molar-refractivity contribution >= 4 is 40.8 Å². The molecule has 3 N–H and O–H groups in total. The predicted molar refractivity (Wildman–Crippen MR) is 77.3 cm³/mol. The molecule has 2 aromatic rings. The van der Waals surface area contributed by atoms with Gasteiger partial charge in [0.2, 0.25) is 0 Å². The molecule has 0 radical (unpaired) electrons. The Balaban J connectivity index is 2.25. The zero-order valence-electron chi connectivity index (χ0n) is 10.3. The summed E-state index contributed by atoms with van der Waals surface area (Å²) in [6.45, 7) is 0. The van der Waals surface area contributed by atoms with Crippen LogP contribution in [0.2, 0.25) is 10.3 Å². The Kier molecular flexibility index (Phi) is 4.30. The number of carbonyl (C=O) groups is 2. The quantitative estimate of drug-likeness (QED) is 0.594. The number of phenols is 1. The van der Waals surface area contributed by atoms with Crippen LogP contribution < -0.4 is 5.32 Å². The Labute approximate surface area is 129 Å². The van der Waals surface area contributed by atoms with E-state index in [1.54, 1.807) is 0 Å². The second-order valence-electron chi connectivity index (χ2n) is 3.96. The fourth-order valence-corrected chi connectivity index (χ4v) is 1.97. The summed E-state index contributed by atoms with van der Waals surface area (Å²) in [6, 6.07) is 6.33. The first kappa shape index (κ1) is 15.1. The molecule has 0 aliphatic rings. The van der Waals surface area contributed by atoms with Crippen LogP contribution >= 0.6 is 23.2 Å². The van der Waals surface area contributed by atoms with Gasteiger partial charge < -0.3 is 15.5 Å². The van der Waals surface area contributed by atoms with Crippen LogP contribution in [0.3, 0.4) is 0 Å². The number of carbonyl (C=O) groups excluding carboxylic acids is 1. The Morgan fingerprint density at radius 3 is 2.43 bits per heavy atom. The highest BCUT2D eigenvalue weighted by Crippen LogP contribution is 2.26. The fraction of sp³-hybridized carbons (Fsp3) is 0. The Bertz CT molecular complexity index is 734. The molecule has 0 atom stereocenters. The summed E-state index contributed by atoms with van der Waals surface area (Å²) in [4.78, 5) is 26.5. The summed E-state index contributed by atoms with van der Waals surface area (Å²) in [5, 5.41) is 21.0. The molecule has 21 heavy (non-hydrogen) atoms. The number of nitrogens with zero attached hydrogens (tertiary/aromatic N) is 1. The van der Waals surface area contributed by atoms with Gasteiger partial charge in [0.25, 0.3) is 5.91 Å². The van der Waals surface area contributed by atoms with Crippen LogP contribution in [0.1, 0.15) is 20.7 Å². The Morgan fingerprint density at radius 2 is 1.86 bits per heavy atom. The maximum atomic E-state index is 12.0. The number of aromatic nitrogens is 1.